The second-order valence-corrected chi connectivity index (χ2v) is 8.62. The van der Waals surface area contributed by atoms with Crippen molar-refractivity contribution in [1.29, 1.82) is 0 Å². The molecule has 4 heterocycles. The highest BCUT2D eigenvalue weighted by Crippen LogP contribution is 2.29. The van der Waals surface area contributed by atoms with Crippen molar-refractivity contribution in [3.05, 3.63) is 76.0 Å². The predicted molar refractivity (Wildman–Crippen MR) is 130 cm³/mol. The van der Waals surface area contributed by atoms with Gasteiger partial charge < -0.3 is 9.47 Å². The van der Waals surface area contributed by atoms with Gasteiger partial charge in [0.05, 0.1) is 35.5 Å². The standard InChI is InChI=1S/C26H22N2O4S/c29-25-21(19-6-2-1-3-7-19)18-22(23-24-20(9-17-33-24)8-11-28(23)25)26(30)32-14-5-4-10-27-12-15-31-16-13-27/h1-3,6-9,11,17-18H,10,12-16H2. The van der Waals surface area contributed by atoms with Crippen LogP contribution in [0.3, 0.4) is 0 Å². The lowest BCUT2D eigenvalue weighted by molar-refractivity contribution is 0.0443. The van der Waals surface area contributed by atoms with Gasteiger partial charge in [0.2, 0.25) is 0 Å². The van der Waals surface area contributed by atoms with Crippen LogP contribution in [-0.4, -0.2) is 54.7 Å². The highest BCUT2D eigenvalue weighted by atomic mass is 32.1. The van der Waals surface area contributed by atoms with Gasteiger partial charge >= 0.3 is 5.97 Å². The summed E-state index contributed by atoms with van der Waals surface area (Å²) >= 11 is 1.50. The molecule has 1 aliphatic heterocycles. The third-order valence-corrected chi connectivity index (χ3v) is 6.60. The van der Waals surface area contributed by atoms with E-state index in [4.69, 9.17) is 9.47 Å². The first-order valence-corrected chi connectivity index (χ1v) is 11.6. The second-order valence-electron chi connectivity index (χ2n) is 7.70. The zero-order valence-electron chi connectivity index (χ0n) is 18.0. The van der Waals surface area contributed by atoms with Crippen LogP contribution < -0.4 is 5.56 Å². The molecule has 0 unspecified atom stereocenters. The Kier molecular flexibility index (Phi) is 6.22. The van der Waals surface area contributed by atoms with Gasteiger partial charge in [0.1, 0.15) is 0 Å². The van der Waals surface area contributed by atoms with E-state index in [-0.39, 0.29) is 12.2 Å². The Morgan fingerprint density at radius 3 is 2.73 bits per heavy atom. The summed E-state index contributed by atoms with van der Waals surface area (Å²) in [6.45, 7) is 3.78. The van der Waals surface area contributed by atoms with Crippen molar-refractivity contribution >= 4 is 32.9 Å². The number of hydrogen-bond donors (Lipinski definition) is 0. The molecule has 5 rings (SSSR count). The quantitative estimate of drug-likeness (QED) is 0.345. The van der Waals surface area contributed by atoms with Gasteiger partial charge in [-0.15, -0.1) is 11.3 Å². The van der Waals surface area contributed by atoms with Crippen LogP contribution in [0.1, 0.15) is 10.4 Å². The Morgan fingerprint density at radius 1 is 1.09 bits per heavy atom. The van der Waals surface area contributed by atoms with Crippen LogP contribution >= 0.6 is 11.3 Å². The van der Waals surface area contributed by atoms with Crippen molar-refractivity contribution in [2.75, 3.05) is 39.5 Å². The fourth-order valence-electron chi connectivity index (χ4n) is 3.94. The molecule has 0 spiro atoms. The first-order valence-electron chi connectivity index (χ1n) is 10.8. The molecule has 1 saturated heterocycles. The van der Waals surface area contributed by atoms with Crippen LogP contribution in [0.4, 0.5) is 0 Å². The van der Waals surface area contributed by atoms with Gasteiger partial charge in [0.15, 0.2) is 6.61 Å². The molecule has 0 N–H and O–H groups in total. The second kappa shape index (κ2) is 9.59. The third-order valence-electron chi connectivity index (χ3n) is 5.66. The molecular formula is C26H22N2O4S. The molecule has 4 aromatic rings. The number of benzene rings is 1. The summed E-state index contributed by atoms with van der Waals surface area (Å²) < 4.78 is 13.3. The monoisotopic (exact) mass is 458 g/mol. The van der Waals surface area contributed by atoms with Crippen LogP contribution in [0.5, 0.6) is 0 Å². The van der Waals surface area contributed by atoms with Gasteiger partial charge in [-0.05, 0) is 34.5 Å². The summed E-state index contributed by atoms with van der Waals surface area (Å²) in [4.78, 5) is 28.7. The molecule has 1 aliphatic rings. The number of thiophene rings is 1. The van der Waals surface area contributed by atoms with Crippen LogP contribution in [0.15, 0.2) is 64.9 Å². The molecule has 1 aromatic carbocycles. The highest BCUT2D eigenvalue weighted by Gasteiger charge is 2.20. The zero-order chi connectivity index (χ0) is 22.6. The van der Waals surface area contributed by atoms with Crippen molar-refractivity contribution in [1.82, 2.24) is 9.30 Å². The molecule has 1 fully saturated rings. The lowest BCUT2D eigenvalue weighted by Gasteiger charge is -2.24. The molecule has 3 aromatic heterocycles. The maximum Gasteiger partial charge on any atom is 0.341 e. The first kappa shape index (κ1) is 21.4. The summed E-state index contributed by atoms with van der Waals surface area (Å²) in [5, 5.41) is 2.93. The summed E-state index contributed by atoms with van der Waals surface area (Å²) in [6, 6.07) is 14.9. The van der Waals surface area contributed by atoms with Crippen molar-refractivity contribution in [3.8, 4) is 23.0 Å². The molecule has 166 valence electrons. The normalized spacial score (nSPS) is 14.2. The Balaban J connectivity index is 1.48. The number of esters is 1. The number of carbonyl (C=O) groups is 1. The van der Waals surface area contributed by atoms with Gasteiger partial charge in [-0.2, -0.15) is 0 Å². The summed E-state index contributed by atoms with van der Waals surface area (Å²) in [7, 11) is 0. The fraction of sp³-hybridized carbons (Fsp3) is 0.231. The minimum absolute atomic E-state index is 0.00442. The zero-order valence-corrected chi connectivity index (χ0v) is 18.8. The van der Waals surface area contributed by atoms with E-state index in [1.807, 2.05) is 47.8 Å². The minimum Gasteiger partial charge on any atom is -0.449 e. The molecule has 33 heavy (non-hydrogen) atoms. The smallest absolute Gasteiger partial charge is 0.341 e. The van der Waals surface area contributed by atoms with E-state index in [9.17, 15) is 9.59 Å². The first-order chi connectivity index (χ1) is 16.2. The van der Waals surface area contributed by atoms with E-state index < -0.39 is 5.97 Å². The van der Waals surface area contributed by atoms with Crippen molar-refractivity contribution in [2.45, 2.75) is 0 Å². The SMILES string of the molecule is O=C(OCC#CCN1CCOCC1)c1cc(-c2ccccc2)c(=O)n2ccc3ccsc3c12. The predicted octanol–water partition coefficient (Wildman–Crippen LogP) is 3.67. The van der Waals surface area contributed by atoms with Crippen molar-refractivity contribution in [2.24, 2.45) is 0 Å². The molecular weight excluding hydrogens is 436 g/mol. The number of morpholine rings is 1. The van der Waals surface area contributed by atoms with Crippen LogP contribution in [0, 0.1) is 11.8 Å². The van der Waals surface area contributed by atoms with Gasteiger partial charge in [-0.25, -0.2) is 4.79 Å². The molecule has 0 radical (unpaired) electrons. The Morgan fingerprint density at radius 2 is 1.91 bits per heavy atom. The molecule has 7 heteroatoms. The summed E-state index contributed by atoms with van der Waals surface area (Å²) in [5.74, 6) is 5.50. The minimum atomic E-state index is -0.494. The number of ether oxygens (including phenoxy) is 2. The highest BCUT2D eigenvalue weighted by molar-refractivity contribution is 7.18. The number of rotatable bonds is 4. The van der Waals surface area contributed by atoms with E-state index in [1.165, 1.54) is 11.3 Å². The largest absolute Gasteiger partial charge is 0.449 e. The molecule has 0 bridgehead atoms. The Hall–Kier alpha value is -3.44. The topological polar surface area (TPSA) is 60.2 Å². The van der Waals surface area contributed by atoms with Crippen LogP contribution in [0.2, 0.25) is 0 Å². The number of hydrogen-bond acceptors (Lipinski definition) is 6. The number of aromatic nitrogens is 1. The number of carbonyl (C=O) groups excluding carboxylic acids is 1. The van der Waals surface area contributed by atoms with Gasteiger partial charge in [0.25, 0.3) is 5.56 Å². The van der Waals surface area contributed by atoms with Crippen molar-refractivity contribution in [3.63, 3.8) is 0 Å². The average Bonchev–Trinajstić information content (AvgIpc) is 3.34. The Bertz CT molecular complexity index is 1420. The van der Waals surface area contributed by atoms with E-state index in [2.05, 4.69) is 16.7 Å². The van der Waals surface area contributed by atoms with E-state index in [1.54, 1.807) is 16.7 Å². The Labute approximate surface area is 195 Å². The van der Waals surface area contributed by atoms with Gasteiger partial charge in [0, 0.05) is 24.8 Å². The van der Waals surface area contributed by atoms with E-state index >= 15 is 0 Å². The maximum atomic E-state index is 13.3. The van der Waals surface area contributed by atoms with E-state index in [0.717, 1.165) is 42.0 Å². The lowest BCUT2D eigenvalue weighted by Crippen LogP contribution is -2.36. The summed E-state index contributed by atoms with van der Waals surface area (Å²) in [6.07, 6.45) is 1.72. The van der Waals surface area contributed by atoms with Crippen molar-refractivity contribution < 1.29 is 14.3 Å². The molecule has 6 nitrogen and oxygen atoms in total. The third kappa shape index (κ3) is 4.41. The fourth-order valence-corrected chi connectivity index (χ4v) is 4.89. The number of pyridine rings is 2. The van der Waals surface area contributed by atoms with E-state index in [0.29, 0.717) is 23.2 Å². The maximum absolute atomic E-state index is 13.3. The number of fused-ring (bicyclic) bond motifs is 3. The number of nitrogens with zero attached hydrogens (tertiary/aromatic N) is 2. The molecule has 0 atom stereocenters. The summed E-state index contributed by atoms with van der Waals surface area (Å²) in [5.41, 5.74) is 1.96. The van der Waals surface area contributed by atoms with Crippen LogP contribution in [-0.2, 0) is 9.47 Å². The van der Waals surface area contributed by atoms with Gasteiger partial charge in [-0.1, -0.05) is 42.2 Å². The average molecular weight is 459 g/mol. The molecule has 0 amide bonds. The lowest BCUT2D eigenvalue weighted by atomic mass is 10.0. The molecule has 0 aliphatic carbocycles. The van der Waals surface area contributed by atoms with Crippen LogP contribution in [0.25, 0.3) is 26.7 Å². The molecule has 0 saturated carbocycles. The van der Waals surface area contributed by atoms with Gasteiger partial charge in [-0.3, -0.25) is 14.1 Å².